The van der Waals surface area contributed by atoms with Crippen LogP contribution in [0.15, 0.2) is 29.2 Å². The second kappa shape index (κ2) is 8.09. The number of thiazole rings is 1. The lowest BCUT2D eigenvalue weighted by Crippen LogP contribution is -2.35. The number of nitrogens with zero attached hydrogens (tertiary/aromatic N) is 2. The fourth-order valence-corrected chi connectivity index (χ4v) is 4.42. The summed E-state index contributed by atoms with van der Waals surface area (Å²) >= 11 is 3.01. The maximum Gasteiger partial charge on any atom is 0.321 e. The Balaban J connectivity index is 1.71. The van der Waals surface area contributed by atoms with Gasteiger partial charge in [-0.3, -0.25) is 10.1 Å². The molecule has 1 aromatic heterocycles. The van der Waals surface area contributed by atoms with Gasteiger partial charge in [0.25, 0.3) is 5.91 Å². The Morgan fingerprint density at radius 2 is 2.08 bits per heavy atom. The highest BCUT2D eigenvalue weighted by atomic mass is 32.2. The highest BCUT2D eigenvalue weighted by Gasteiger charge is 2.26. The van der Waals surface area contributed by atoms with E-state index in [4.69, 9.17) is 0 Å². The highest BCUT2D eigenvalue weighted by molar-refractivity contribution is 7.98. The highest BCUT2D eigenvalue weighted by Crippen LogP contribution is 2.30. The smallest absolute Gasteiger partial charge is 0.321 e. The van der Waals surface area contributed by atoms with Crippen LogP contribution in [0.1, 0.15) is 34.8 Å². The van der Waals surface area contributed by atoms with E-state index in [2.05, 4.69) is 15.6 Å². The predicted molar refractivity (Wildman–Crippen MR) is 106 cm³/mol. The van der Waals surface area contributed by atoms with Crippen LogP contribution in [0.5, 0.6) is 0 Å². The second-order valence-electron chi connectivity index (χ2n) is 6.32. The summed E-state index contributed by atoms with van der Waals surface area (Å²) in [5.74, 6) is 0.0426. The van der Waals surface area contributed by atoms with Crippen molar-refractivity contribution < 1.29 is 9.59 Å². The van der Waals surface area contributed by atoms with Crippen molar-refractivity contribution in [2.75, 3.05) is 18.1 Å². The van der Waals surface area contributed by atoms with E-state index in [0.29, 0.717) is 24.6 Å². The average molecular weight is 391 g/mol. The van der Waals surface area contributed by atoms with Crippen molar-refractivity contribution in [3.63, 3.8) is 0 Å². The number of carbonyl (C=O) groups is 2. The first-order valence-corrected chi connectivity index (χ1v) is 10.5. The number of fused-ring (bicyclic) bond motifs is 1. The predicted octanol–water partition coefficient (Wildman–Crippen LogP) is 3.59. The molecule has 2 heterocycles. The molecule has 26 heavy (non-hydrogen) atoms. The van der Waals surface area contributed by atoms with Crippen LogP contribution in [0.4, 0.5) is 9.93 Å². The molecular weight excluding hydrogens is 368 g/mol. The number of aromatic nitrogens is 1. The molecule has 0 spiro atoms. The summed E-state index contributed by atoms with van der Waals surface area (Å²) in [4.78, 5) is 33.1. The lowest BCUT2D eigenvalue weighted by Gasteiger charge is -2.26. The minimum absolute atomic E-state index is 0.0426. The number of benzene rings is 1. The van der Waals surface area contributed by atoms with Gasteiger partial charge >= 0.3 is 6.03 Å². The SMILES string of the molecule is CSc1ccccc1C(=O)N1CCc2nc(NC(=O)NC(C)C)sc2C1. The van der Waals surface area contributed by atoms with Gasteiger partial charge in [-0.25, -0.2) is 9.78 Å². The van der Waals surface area contributed by atoms with Crippen molar-refractivity contribution in [1.82, 2.24) is 15.2 Å². The Morgan fingerprint density at radius 3 is 2.81 bits per heavy atom. The quantitative estimate of drug-likeness (QED) is 0.783. The van der Waals surface area contributed by atoms with Crippen LogP contribution in [-0.4, -0.2) is 40.7 Å². The number of urea groups is 1. The van der Waals surface area contributed by atoms with Crippen molar-refractivity contribution in [1.29, 1.82) is 0 Å². The molecule has 3 amide bonds. The summed E-state index contributed by atoms with van der Waals surface area (Å²) in [5, 5.41) is 6.13. The van der Waals surface area contributed by atoms with Crippen LogP contribution in [-0.2, 0) is 13.0 Å². The minimum Gasteiger partial charge on any atom is -0.336 e. The Labute approximate surface area is 161 Å². The molecule has 0 fully saturated rings. The van der Waals surface area contributed by atoms with Gasteiger partial charge in [-0.05, 0) is 32.2 Å². The number of carbonyl (C=O) groups excluding carboxylic acids is 2. The van der Waals surface area contributed by atoms with E-state index in [9.17, 15) is 9.59 Å². The Morgan fingerprint density at radius 1 is 1.31 bits per heavy atom. The number of thioether (sulfide) groups is 1. The third kappa shape index (κ3) is 4.19. The summed E-state index contributed by atoms with van der Waals surface area (Å²) in [6.07, 6.45) is 2.68. The zero-order valence-electron chi connectivity index (χ0n) is 15.0. The summed E-state index contributed by atoms with van der Waals surface area (Å²) < 4.78 is 0. The number of hydrogen-bond donors (Lipinski definition) is 2. The standard InChI is InChI=1S/C18H22N4O2S2/c1-11(2)19-17(24)21-18-20-13-8-9-22(10-15(13)26-18)16(23)12-6-4-5-7-14(12)25-3/h4-7,11H,8-10H2,1-3H3,(H2,19,20,21,24). The maximum absolute atomic E-state index is 12.9. The molecule has 0 unspecified atom stereocenters. The zero-order chi connectivity index (χ0) is 18.7. The Hall–Kier alpha value is -2.06. The molecule has 6 nitrogen and oxygen atoms in total. The number of amides is 3. The van der Waals surface area contributed by atoms with Crippen molar-refractivity contribution in [3.8, 4) is 0 Å². The molecule has 0 bridgehead atoms. The lowest BCUT2D eigenvalue weighted by atomic mass is 10.1. The molecule has 138 valence electrons. The van der Waals surface area contributed by atoms with E-state index < -0.39 is 0 Å². The van der Waals surface area contributed by atoms with Crippen LogP contribution in [0.2, 0.25) is 0 Å². The van der Waals surface area contributed by atoms with Gasteiger partial charge in [0.15, 0.2) is 5.13 Å². The van der Waals surface area contributed by atoms with Gasteiger partial charge in [0, 0.05) is 28.8 Å². The van der Waals surface area contributed by atoms with Gasteiger partial charge < -0.3 is 10.2 Å². The molecule has 2 N–H and O–H groups in total. The molecule has 0 saturated heterocycles. The topological polar surface area (TPSA) is 74.3 Å². The van der Waals surface area contributed by atoms with E-state index in [0.717, 1.165) is 21.0 Å². The zero-order valence-corrected chi connectivity index (χ0v) is 16.7. The van der Waals surface area contributed by atoms with Crippen LogP contribution >= 0.6 is 23.1 Å². The van der Waals surface area contributed by atoms with Crippen molar-refractivity contribution in [2.24, 2.45) is 0 Å². The molecule has 1 aliphatic heterocycles. The first kappa shape index (κ1) is 18.7. The lowest BCUT2D eigenvalue weighted by molar-refractivity contribution is 0.0732. The van der Waals surface area contributed by atoms with Gasteiger partial charge in [-0.15, -0.1) is 11.8 Å². The van der Waals surface area contributed by atoms with Gasteiger partial charge in [-0.2, -0.15) is 0 Å². The van der Waals surface area contributed by atoms with Crippen molar-refractivity contribution >= 4 is 40.2 Å². The van der Waals surface area contributed by atoms with Crippen molar-refractivity contribution in [2.45, 2.75) is 37.8 Å². The third-order valence-electron chi connectivity index (χ3n) is 4.00. The molecule has 2 aromatic rings. The van der Waals surface area contributed by atoms with E-state index in [1.165, 1.54) is 11.3 Å². The molecule has 0 saturated carbocycles. The van der Waals surface area contributed by atoms with E-state index in [1.54, 1.807) is 11.8 Å². The molecule has 3 rings (SSSR count). The van der Waals surface area contributed by atoms with Gasteiger partial charge in [0.05, 0.1) is 17.8 Å². The maximum atomic E-state index is 12.9. The largest absolute Gasteiger partial charge is 0.336 e. The molecule has 1 aliphatic rings. The van der Waals surface area contributed by atoms with Gasteiger partial charge in [0.2, 0.25) is 0 Å². The molecule has 0 atom stereocenters. The summed E-state index contributed by atoms with van der Waals surface area (Å²) in [6, 6.07) is 7.49. The van der Waals surface area contributed by atoms with Gasteiger partial charge in [-0.1, -0.05) is 23.5 Å². The number of anilines is 1. The first-order valence-electron chi connectivity index (χ1n) is 8.46. The number of nitrogens with one attached hydrogen (secondary N) is 2. The monoisotopic (exact) mass is 390 g/mol. The van der Waals surface area contributed by atoms with Crippen LogP contribution in [0, 0.1) is 0 Å². The minimum atomic E-state index is -0.257. The number of hydrogen-bond acceptors (Lipinski definition) is 5. The summed E-state index contributed by atoms with van der Waals surface area (Å²) in [7, 11) is 0. The van der Waals surface area contributed by atoms with E-state index >= 15 is 0 Å². The molecule has 1 aromatic carbocycles. The van der Waals surface area contributed by atoms with Crippen LogP contribution in [0.3, 0.4) is 0 Å². The third-order valence-corrected chi connectivity index (χ3v) is 5.79. The normalized spacial score (nSPS) is 13.5. The number of rotatable bonds is 4. The van der Waals surface area contributed by atoms with Crippen LogP contribution in [0.25, 0.3) is 0 Å². The first-order chi connectivity index (χ1) is 12.5. The fourth-order valence-electron chi connectivity index (χ4n) is 2.81. The Bertz CT molecular complexity index is 819. The van der Waals surface area contributed by atoms with E-state index in [-0.39, 0.29) is 18.0 Å². The van der Waals surface area contributed by atoms with Crippen LogP contribution < -0.4 is 10.6 Å². The van der Waals surface area contributed by atoms with Crippen molar-refractivity contribution in [3.05, 3.63) is 40.4 Å². The Kier molecular flexibility index (Phi) is 5.83. The fraction of sp³-hybridized carbons (Fsp3) is 0.389. The molecule has 0 radical (unpaired) electrons. The van der Waals surface area contributed by atoms with E-state index in [1.807, 2.05) is 49.3 Å². The summed E-state index contributed by atoms with van der Waals surface area (Å²) in [6.45, 7) is 4.97. The summed E-state index contributed by atoms with van der Waals surface area (Å²) in [5.41, 5.74) is 1.71. The average Bonchev–Trinajstić information content (AvgIpc) is 3.01. The molecule has 8 heteroatoms. The molecular formula is C18H22N4O2S2. The second-order valence-corrected chi connectivity index (χ2v) is 8.25. The molecule has 0 aliphatic carbocycles. The van der Waals surface area contributed by atoms with Gasteiger partial charge in [0.1, 0.15) is 0 Å².